The third-order valence-corrected chi connectivity index (χ3v) is 10.4. The fraction of sp³-hybridized carbons (Fsp3) is 0.875. The molecule has 2 nitrogen and oxygen atoms in total. The molecule has 0 radical (unpaired) electrons. The van der Waals surface area contributed by atoms with Gasteiger partial charge < -0.3 is 5.11 Å². The highest BCUT2D eigenvalue weighted by Gasteiger charge is 2.63. The molecule has 5 aliphatic rings. The zero-order valence-corrected chi connectivity index (χ0v) is 16.7. The quantitative estimate of drug-likeness (QED) is 0.705. The summed E-state index contributed by atoms with van der Waals surface area (Å²) < 4.78 is 0. The van der Waals surface area contributed by atoms with Gasteiger partial charge in [0, 0.05) is 13.0 Å². The molecule has 0 aromatic carbocycles. The first-order valence-corrected chi connectivity index (χ1v) is 11.3. The lowest BCUT2D eigenvalue weighted by Gasteiger charge is -2.65. The van der Waals surface area contributed by atoms with Gasteiger partial charge in [0.1, 0.15) is 0 Å². The molecule has 5 rings (SSSR count). The number of carbonyl (C=O) groups is 1. The van der Waals surface area contributed by atoms with Crippen molar-refractivity contribution in [3.05, 3.63) is 12.2 Å². The maximum Gasteiger partial charge on any atom is 0.155 e. The lowest BCUT2D eigenvalue weighted by Crippen LogP contribution is -2.59. The summed E-state index contributed by atoms with van der Waals surface area (Å²) >= 11 is 0. The molecule has 0 heterocycles. The molecule has 0 amide bonds. The van der Waals surface area contributed by atoms with Crippen LogP contribution in [0.4, 0.5) is 0 Å². The summed E-state index contributed by atoms with van der Waals surface area (Å²) in [5.41, 5.74) is 0.929. The normalized spacial score (nSPS) is 55.7. The van der Waals surface area contributed by atoms with E-state index in [4.69, 9.17) is 0 Å². The number of ketones is 1. The largest absolute Gasteiger partial charge is 0.396 e. The van der Waals surface area contributed by atoms with E-state index in [9.17, 15) is 9.90 Å². The van der Waals surface area contributed by atoms with Gasteiger partial charge in [0.15, 0.2) is 5.78 Å². The molecule has 0 bridgehead atoms. The Bertz CT molecular complexity index is 638. The van der Waals surface area contributed by atoms with E-state index in [2.05, 4.69) is 19.9 Å². The van der Waals surface area contributed by atoms with E-state index in [1.54, 1.807) is 0 Å². The van der Waals surface area contributed by atoms with Crippen LogP contribution in [0.3, 0.4) is 0 Å². The molecule has 0 spiro atoms. The number of allylic oxidation sites excluding steroid dienone is 2. The monoisotopic (exact) mass is 356 g/mol. The second-order valence-electron chi connectivity index (χ2n) is 11.1. The summed E-state index contributed by atoms with van der Waals surface area (Å²) in [4.78, 5) is 12.0. The highest BCUT2D eigenvalue weighted by atomic mass is 16.3. The van der Waals surface area contributed by atoms with Gasteiger partial charge in [-0.15, -0.1) is 0 Å². The average molecular weight is 357 g/mol. The third-order valence-electron chi connectivity index (χ3n) is 10.4. The molecule has 4 fully saturated rings. The number of rotatable bonds is 1. The minimum atomic E-state index is 0.229. The van der Waals surface area contributed by atoms with E-state index in [0.717, 1.165) is 30.1 Å². The zero-order valence-electron chi connectivity index (χ0n) is 16.7. The van der Waals surface area contributed by atoms with E-state index < -0.39 is 0 Å². The lowest BCUT2D eigenvalue weighted by atomic mass is 9.39. The minimum absolute atomic E-state index is 0.229. The van der Waals surface area contributed by atoms with Crippen LogP contribution in [0, 0.1) is 45.8 Å². The molecule has 0 saturated heterocycles. The molecule has 2 heteroatoms. The molecule has 0 aromatic heterocycles. The fourth-order valence-electron chi connectivity index (χ4n) is 9.14. The molecule has 4 saturated carbocycles. The van der Waals surface area contributed by atoms with Crippen LogP contribution in [0.2, 0.25) is 0 Å². The topological polar surface area (TPSA) is 37.3 Å². The molecular formula is C24H36O2. The van der Waals surface area contributed by atoms with Crippen molar-refractivity contribution in [1.82, 2.24) is 0 Å². The standard InChI is InChI=1S/C24H36O2/c1-22-12-8-17(26)14-16(22)7-11-23(2)19-9-13-24(15-25)10-3-4-20(24)18(19)5-6-21(22)23/h8,12,16,18-21,25H,3-7,9-11,13-15H2,1-2H3. The lowest BCUT2D eigenvalue weighted by molar-refractivity contribution is -0.161. The van der Waals surface area contributed by atoms with Crippen LogP contribution >= 0.6 is 0 Å². The summed E-state index contributed by atoms with van der Waals surface area (Å²) in [6.45, 7) is 5.51. The van der Waals surface area contributed by atoms with Crippen LogP contribution in [0.5, 0.6) is 0 Å². The highest BCUT2D eigenvalue weighted by molar-refractivity contribution is 5.91. The van der Waals surface area contributed by atoms with E-state index in [1.807, 2.05) is 6.08 Å². The Kier molecular flexibility index (Phi) is 3.82. The number of aliphatic hydroxyl groups is 1. The Hall–Kier alpha value is -0.630. The summed E-state index contributed by atoms with van der Waals surface area (Å²) in [7, 11) is 0. The van der Waals surface area contributed by atoms with Crippen LogP contribution in [-0.2, 0) is 4.79 Å². The summed E-state index contributed by atoms with van der Waals surface area (Å²) in [5.74, 6) is 4.12. The maximum absolute atomic E-state index is 12.0. The molecular weight excluding hydrogens is 320 g/mol. The Balaban J connectivity index is 1.49. The van der Waals surface area contributed by atoms with Gasteiger partial charge >= 0.3 is 0 Å². The smallest absolute Gasteiger partial charge is 0.155 e. The van der Waals surface area contributed by atoms with Crippen molar-refractivity contribution < 1.29 is 9.90 Å². The zero-order chi connectivity index (χ0) is 18.2. The predicted molar refractivity (Wildman–Crippen MR) is 103 cm³/mol. The van der Waals surface area contributed by atoms with Crippen LogP contribution in [0.1, 0.15) is 78.1 Å². The Labute approximate surface area is 158 Å². The highest BCUT2D eigenvalue weighted by Crippen LogP contribution is 2.70. The third kappa shape index (κ3) is 2.11. The van der Waals surface area contributed by atoms with Crippen molar-refractivity contribution >= 4 is 5.78 Å². The molecule has 144 valence electrons. The molecule has 5 aliphatic carbocycles. The molecule has 26 heavy (non-hydrogen) atoms. The molecule has 1 N–H and O–H groups in total. The Morgan fingerprint density at radius 2 is 1.88 bits per heavy atom. The van der Waals surface area contributed by atoms with Gasteiger partial charge in [0.2, 0.25) is 0 Å². The van der Waals surface area contributed by atoms with Crippen molar-refractivity contribution in [2.75, 3.05) is 6.61 Å². The van der Waals surface area contributed by atoms with Crippen molar-refractivity contribution in [1.29, 1.82) is 0 Å². The van der Waals surface area contributed by atoms with Gasteiger partial charge in [0.25, 0.3) is 0 Å². The van der Waals surface area contributed by atoms with Crippen LogP contribution < -0.4 is 0 Å². The van der Waals surface area contributed by atoms with Gasteiger partial charge in [-0.05, 0) is 103 Å². The maximum atomic E-state index is 12.0. The second-order valence-corrected chi connectivity index (χ2v) is 11.1. The van der Waals surface area contributed by atoms with Crippen molar-refractivity contribution in [2.24, 2.45) is 45.8 Å². The first-order valence-electron chi connectivity index (χ1n) is 11.3. The summed E-state index contributed by atoms with van der Waals surface area (Å²) in [6.07, 6.45) is 16.8. The number of carbonyl (C=O) groups excluding carboxylic acids is 1. The second kappa shape index (κ2) is 5.69. The van der Waals surface area contributed by atoms with E-state index in [1.165, 1.54) is 57.8 Å². The van der Waals surface area contributed by atoms with Crippen LogP contribution in [0.15, 0.2) is 12.2 Å². The molecule has 8 unspecified atom stereocenters. The molecule has 8 atom stereocenters. The van der Waals surface area contributed by atoms with E-state index >= 15 is 0 Å². The van der Waals surface area contributed by atoms with Gasteiger partial charge in [0.05, 0.1) is 0 Å². The predicted octanol–water partition coefficient (Wildman–Crippen LogP) is 5.15. The number of fused-ring (bicyclic) bond motifs is 7. The average Bonchev–Trinajstić information content (AvgIpc) is 3.07. The van der Waals surface area contributed by atoms with Gasteiger partial charge in [-0.3, -0.25) is 4.79 Å². The van der Waals surface area contributed by atoms with E-state index in [-0.39, 0.29) is 10.8 Å². The van der Waals surface area contributed by atoms with Crippen molar-refractivity contribution in [3.63, 3.8) is 0 Å². The number of hydrogen-bond donors (Lipinski definition) is 1. The molecule has 0 aromatic rings. The Morgan fingerprint density at radius 1 is 1.04 bits per heavy atom. The van der Waals surface area contributed by atoms with Crippen LogP contribution in [0.25, 0.3) is 0 Å². The van der Waals surface area contributed by atoms with E-state index in [0.29, 0.717) is 23.7 Å². The SMILES string of the molecule is CC12C=CC(=O)CC1CCC1(C)C3CCC4(CO)CCCC4C3CCC21. The molecule has 0 aliphatic heterocycles. The van der Waals surface area contributed by atoms with Gasteiger partial charge in [-0.25, -0.2) is 0 Å². The first kappa shape index (κ1) is 17.5. The Morgan fingerprint density at radius 3 is 2.69 bits per heavy atom. The summed E-state index contributed by atoms with van der Waals surface area (Å²) in [6, 6.07) is 0. The summed E-state index contributed by atoms with van der Waals surface area (Å²) in [5, 5.41) is 10.2. The minimum Gasteiger partial charge on any atom is -0.396 e. The first-order chi connectivity index (χ1) is 12.4. The number of hydrogen-bond acceptors (Lipinski definition) is 2. The van der Waals surface area contributed by atoms with Crippen molar-refractivity contribution in [2.45, 2.75) is 78.1 Å². The van der Waals surface area contributed by atoms with Crippen LogP contribution in [-0.4, -0.2) is 17.5 Å². The van der Waals surface area contributed by atoms with Gasteiger partial charge in [-0.1, -0.05) is 26.3 Å². The van der Waals surface area contributed by atoms with Gasteiger partial charge in [-0.2, -0.15) is 0 Å². The fourth-order valence-corrected chi connectivity index (χ4v) is 9.14. The van der Waals surface area contributed by atoms with Crippen molar-refractivity contribution in [3.8, 4) is 0 Å². The number of aliphatic hydroxyl groups excluding tert-OH is 1.